The fourth-order valence-corrected chi connectivity index (χ4v) is 8.50. The number of carboxylic acid groups (broad SMARTS) is 1. The number of urea groups is 1. The molecule has 21 nitrogen and oxygen atoms in total. The predicted molar refractivity (Wildman–Crippen MR) is 257 cm³/mol. The van der Waals surface area contributed by atoms with Crippen molar-refractivity contribution in [3.8, 4) is 5.82 Å². The number of aromatic carboxylic acids is 1. The lowest BCUT2D eigenvalue weighted by Gasteiger charge is -2.40. The SMILES string of the molecule is CC(C)[C@H](NC(=O)CCCCCN1C(=O)C=CC1=O)C(=O)C[C@@H](CCCNC(N)=O)C(=O)Nc1ccc(COC(=O)OC2CN(c3c(F)cc4c(=O)c(C(=O)O)cn(-c5nc(N)c(F)cc5F)c4c3Cl)C2)cc1. The standard InChI is InChI=1S/C48H51ClF3N9O12/c1-24(2)39(57-35(63)8-4-3-5-16-60-36(64)13-14-37(60)65)34(62)17-26(7-6-15-55-47(54)70)45(67)56-27-11-9-25(10-12-27)23-72-48(71)73-28-20-59(21-28)41-31(50)18-29-40(38(41)49)61(22-30(42(29)66)46(68)69)44-33(52)19-32(51)43(53)58-44/h9-14,18-19,22,24,26,28,39H,3-8,15-17,20-21,23H2,1-2H3,(H2,53,58)(H,56,67)(H,57,63)(H,68,69)(H3,54,55,70)/t26-,39+/m1/s1. The summed E-state index contributed by atoms with van der Waals surface area (Å²) in [5.41, 5.74) is 8.83. The number of carboxylic acids is 1. The molecule has 0 radical (unpaired) electrons. The minimum absolute atomic E-state index is 0.101. The molecule has 8 N–H and O–H groups in total. The molecule has 2 aromatic carbocycles. The van der Waals surface area contributed by atoms with Crippen LogP contribution in [-0.4, -0.2) is 105 Å². The molecule has 73 heavy (non-hydrogen) atoms. The van der Waals surface area contributed by atoms with Crippen LogP contribution in [0.15, 0.2) is 59.5 Å². The summed E-state index contributed by atoms with van der Waals surface area (Å²) in [5, 5.41) is 16.6. The van der Waals surface area contributed by atoms with E-state index < -0.39 is 92.6 Å². The maximum Gasteiger partial charge on any atom is 0.509 e. The highest BCUT2D eigenvalue weighted by Crippen LogP contribution is 2.39. The summed E-state index contributed by atoms with van der Waals surface area (Å²) >= 11 is 6.63. The zero-order valence-electron chi connectivity index (χ0n) is 39.4. The third-order valence-corrected chi connectivity index (χ3v) is 12.3. The predicted octanol–water partition coefficient (Wildman–Crippen LogP) is 4.87. The number of ether oxygens (including phenoxy) is 2. The highest BCUT2D eigenvalue weighted by molar-refractivity contribution is 6.38. The number of carbonyl (C=O) groups excluding carboxylic acids is 7. The number of pyridine rings is 2. The molecule has 0 saturated carbocycles. The first-order chi connectivity index (χ1) is 34.6. The minimum atomic E-state index is -1.73. The van der Waals surface area contributed by atoms with Gasteiger partial charge in [0.2, 0.25) is 17.2 Å². The van der Waals surface area contributed by atoms with Crippen molar-refractivity contribution in [1.29, 1.82) is 0 Å². The molecular weight excluding hydrogens is 987 g/mol. The van der Waals surface area contributed by atoms with Crippen molar-refractivity contribution in [2.75, 3.05) is 42.1 Å². The second-order valence-corrected chi connectivity index (χ2v) is 17.9. The number of benzene rings is 2. The van der Waals surface area contributed by atoms with Crippen LogP contribution in [0.4, 0.5) is 40.0 Å². The Labute approximate surface area is 419 Å². The zero-order valence-corrected chi connectivity index (χ0v) is 40.1. The molecule has 4 heterocycles. The first-order valence-corrected chi connectivity index (χ1v) is 23.3. The monoisotopic (exact) mass is 1040 g/mol. The number of nitrogens with one attached hydrogen (secondary N) is 3. The number of amides is 6. The van der Waals surface area contributed by atoms with Crippen molar-refractivity contribution in [1.82, 2.24) is 25.1 Å². The van der Waals surface area contributed by atoms with E-state index in [1.807, 2.05) is 0 Å². The van der Waals surface area contributed by atoms with Crippen molar-refractivity contribution in [3.63, 3.8) is 0 Å². The molecule has 6 amide bonds. The van der Waals surface area contributed by atoms with E-state index >= 15 is 8.78 Å². The van der Waals surface area contributed by atoms with E-state index in [-0.39, 0.29) is 92.7 Å². The van der Waals surface area contributed by atoms with Gasteiger partial charge >= 0.3 is 18.2 Å². The Kier molecular flexibility index (Phi) is 17.8. The summed E-state index contributed by atoms with van der Waals surface area (Å²) < 4.78 is 56.1. The van der Waals surface area contributed by atoms with Gasteiger partial charge in [-0.25, -0.2) is 32.5 Å². The highest BCUT2D eigenvalue weighted by atomic mass is 35.5. The Balaban J connectivity index is 1.01. The van der Waals surface area contributed by atoms with Crippen LogP contribution in [0.3, 0.4) is 0 Å². The van der Waals surface area contributed by atoms with Gasteiger partial charge in [-0.05, 0) is 55.4 Å². The second-order valence-electron chi connectivity index (χ2n) is 17.6. The third kappa shape index (κ3) is 13.5. The largest absolute Gasteiger partial charge is 0.509 e. The minimum Gasteiger partial charge on any atom is -0.477 e. The molecule has 1 saturated heterocycles. The number of imide groups is 1. The number of rotatable bonds is 23. The molecular formula is C48H51ClF3N9O12. The molecule has 25 heteroatoms. The normalized spacial score (nSPS) is 14.2. The highest BCUT2D eigenvalue weighted by Gasteiger charge is 2.36. The second kappa shape index (κ2) is 23.9. The number of ketones is 1. The number of anilines is 3. The molecule has 1 fully saturated rings. The van der Waals surface area contributed by atoms with Crippen LogP contribution < -0.4 is 37.7 Å². The number of Topliss-reactive ketones (excluding diaryl/α,β-unsaturated/α-hetero) is 1. The first kappa shape index (κ1) is 54.3. The van der Waals surface area contributed by atoms with E-state index in [1.165, 1.54) is 29.2 Å². The zero-order chi connectivity index (χ0) is 53.3. The lowest BCUT2D eigenvalue weighted by Crippen LogP contribution is -2.53. The van der Waals surface area contributed by atoms with Gasteiger partial charge in [-0.3, -0.25) is 38.2 Å². The van der Waals surface area contributed by atoms with Gasteiger partial charge in [-0.15, -0.1) is 0 Å². The summed E-state index contributed by atoms with van der Waals surface area (Å²) in [6.45, 7) is 3.36. The van der Waals surface area contributed by atoms with Crippen LogP contribution in [0.2, 0.25) is 5.02 Å². The molecule has 2 aliphatic rings. The number of fused-ring (bicyclic) bond motifs is 1. The average Bonchev–Trinajstić information content (AvgIpc) is 3.64. The molecule has 0 bridgehead atoms. The van der Waals surface area contributed by atoms with Crippen LogP contribution >= 0.6 is 11.6 Å². The van der Waals surface area contributed by atoms with E-state index in [0.717, 1.165) is 9.47 Å². The third-order valence-electron chi connectivity index (χ3n) is 11.9. The number of nitrogens with two attached hydrogens (primary N) is 2. The van der Waals surface area contributed by atoms with E-state index in [2.05, 4.69) is 20.9 Å². The van der Waals surface area contributed by atoms with Gasteiger partial charge in [-0.2, -0.15) is 0 Å². The number of aromatic nitrogens is 2. The van der Waals surface area contributed by atoms with Crippen molar-refractivity contribution in [3.05, 3.63) is 98.6 Å². The van der Waals surface area contributed by atoms with Gasteiger partial charge in [0, 0.05) is 62.0 Å². The van der Waals surface area contributed by atoms with Gasteiger partial charge in [0.1, 0.15) is 24.1 Å². The lowest BCUT2D eigenvalue weighted by atomic mass is 9.89. The smallest absolute Gasteiger partial charge is 0.477 e. The fourth-order valence-electron chi connectivity index (χ4n) is 8.09. The van der Waals surface area contributed by atoms with Gasteiger partial charge in [0.05, 0.1) is 40.7 Å². The van der Waals surface area contributed by atoms with Crippen molar-refractivity contribution >= 4 is 87.3 Å². The van der Waals surface area contributed by atoms with Gasteiger partial charge < -0.3 is 46.9 Å². The quantitative estimate of drug-likeness (QED) is 0.0328. The van der Waals surface area contributed by atoms with Crippen LogP contribution in [-0.2, 0) is 40.1 Å². The lowest BCUT2D eigenvalue weighted by molar-refractivity contribution is -0.137. The van der Waals surface area contributed by atoms with Crippen LogP contribution in [0.25, 0.3) is 16.7 Å². The maximum atomic E-state index is 15.7. The maximum absolute atomic E-state index is 15.7. The summed E-state index contributed by atoms with van der Waals surface area (Å²) in [6, 6.07) is 5.63. The number of halogens is 4. The van der Waals surface area contributed by atoms with Crippen LogP contribution in [0.5, 0.6) is 0 Å². The molecule has 6 rings (SSSR count). The molecule has 4 aromatic rings. The summed E-state index contributed by atoms with van der Waals surface area (Å²) in [6.07, 6.45) is 3.04. The first-order valence-electron chi connectivity index (χ1n) is 22.9. The molecule has 388 valence electrons. The van der Waals surface area contributed by atoms with E-state index in [0.29, 0.717) is 55.3 Å². The van der Waals surface area contributed by atoms with Gasteiger partial charge in [-0.1, -0.05) is 44.0 Å². The van der Waals surface area contributed by atoms with E-state index in [1.54, 1.807) is 26.0 Å². The molecule has 2 aromatic heterocycles. The number of unbranched alkanes of at least 4 members (excludes halogenated alkanes) is 2. The number of carbonyl (C=O) groups is 8. The molecule has 0 spiro atoms. The van der Waals surface area contributed by atoms with Gasteiger partial charge in [0.25, 0.3) is 11.8 Å². The number of primary amides is 1. The number of hydrogen-bond acceptors (Lipinski definition) is 14. The summed E-state index contributed by atoms with van der Waals surface area (Å²) in [7, 11) is 0. The fraction of sp³-hybridized carbons (Fsp3) is 0.375. The van der Waals surface area contributed by atoms with E-state index in [9.17, 15) is 52.6 Å². The van der Waals surface area contributed by atoms with E-state index in [4.69, 9.17) is 32.5 Å². The van der Waals surface area contributed by atoms with Gasteiger partial charge in [0.15, 0.2) is 29.1 Å². The van der Waals surface area contributed by atoms with Crippen LogP contribution in [0.1, 0.15) is 74.7 Å². The number of nitrogen functional groups attached to an aromatic ring is 1. The molecule has 0 aliphatic carbocycles. The Bertz CT molecular complexity index is 2910. The Morgan fingerprint density at radius 1 is 0.932 bits per heavy atom. The van der Waals surface area contributed by atoms with Crippen molar-refractivity contribution in [2.24, 2.45) is 17.6 Å². The summed E-state index contributed by atoms with van der Waals surface area (Å²) in [5.74, 6) is -10.0. The van der Waals surface area contributed by atoms with Crippen LogP contribution in [0, 0.1) is 29.3 Å². The molecule has 0 unspecified atom stereocenters. The topological polar surface area (TPSA) is 305 Å². The Hall–Kier alpha value is -8.02. The number of hydrogen-bond donors (Lipinski definition) is 6. The number of nitrogens with zero attached hydrogens (tertiary/aromatic N) is 4. The van der Waals surface area contributed by atoms with Crippen molar-refractivity contribution < 1.29 is 66.1 Å². The Morgan fingerprint density at radius 2 is 1.62 bits per heavy atom. The molecule has 2 atom stereocenters. The average molecular weight is 1040 g/mol. The molecule has 2 aliphatic heterocycles. The summed E-state index contributed by atoms with van der Waals surface area (Å²) in [4.78, 5) is 119. The van der Waals surface area contributed by atoms with Crippen molar-refractivity contribution in [2.45, 2.75) is 77.5 Å². The Morgan fingerprint density at radius 3 is 2.26 bits per heavy atom.